The average Bonchev–Trinajstić information content (AvgIpc) is 2.52. The van der Waals surface area contributed by atoms with E-state index < -0.39 is 0 Å². The molecule has 2 rings (SSSR count). The summed E-state index contributed by atoms with van der Waals surface area (Å²) >= 11 is 1.24. The predicted molar refractivity (Wildman–Crippen MR) is 52.2 cm³/mol. The highest BCUT2D eigenvalue weighted by atomic mass is 32.1. The third-order valence-corrected chi connectivity index (χ3v) is 2.43. The summed E-state index contributed by atoms with van der Waals surface area (Å²) in [5, 5.41) is 0. The van der Waals surface area contributed by atoms with Gasteiger partial charge in [0.05, 0.1) is 11.7 Å². The van der Waals surface area contributed by atoms with Crippen molar-refractivity contribution in [3.63, 3.8) is 0 Å². The lowest BCUT2D eigenvalue weighted by Gasteiger charge is -1.98. The summed E-state index contributed by atoms with van der Waals surface area (Å²) < 4.78 is 8.36. The molecule has 0 unspecified atom stereocenters. The molecule has 2 aromatic rings. The first kappa shape index (κ1) is 7.43. The van der Waals surface area contributed by atoms with Gasteiger partial charge in [0, 0.05) is 5.56 Å². The Labute approximate surface area is 74.9 Å². The second-order valence-electron chi connectivity index (χ2n) is 2.63. The van der Waals surface area contributed by atoms with E-state index in [2.05, 4.69) is 22.2 Å². The van der Waals surface area contributed by atoms with Gasteiger partial charge >= 0.3 is 0 Å². The molecule has 3 heteroatoms. The van der Waals surface area contributed by atoms with Crippen LogP contribution in [-0.4, -0.2) is 8.75 Å². The highest BCUT2D eigenvalue weighted by Crippen LogP contribution is 2.20. The van der Waals surface area contributed by atoms with Crippen molar-refractivity contribution in [2.75, 3.05) is 0 Å². The van der Waals surface area contributed by atoms with Gasteiger partial charge in [-0.05, 0) is 18.6 Å². The molecular formula is C9H8N2S. The Kier molecular flexibility index (Phi) is 1.66. The minimum atomic E-state index is 0.959. The van der Waals surface area contributed by atoms with Gasteiger partial charge in [0.15, 0.2) is 0 Å². The standard InChI is InChI=1S/C9H8N2S/c1-3-7-6(2)4-5-8-9(7)11-12-10-8/h3-5H,1H2,2H3. The Hall–Kier alpha value is -1.22. The molecular weight excluding hydrogens is 168 g/mol. The number of aryl methyl sites for hydroxylation is 1. The molecule has 1 aromatic carbocycles. The fourth-order valence-electron chi connectivity index (χ4n) is 1.23. The maximum atomic E-state index is 4.21. The minimum absolute atomic E-state index is 0.959. The second kappa shape index (κ2) is 2.68. The zero-order valence-corrected chi connectivity index (χ0v) is 7.56. The van der Waals surface area contributed by atoms with Gasteiger partial charge < -0.3 is 0 Å². The minimum Gasteiger partial charge on any atom is -0.173 e. The molecule has 1 heterocycles. The number of rotatable bonds is 1. The van der Waals surface area contributed by atoms with Crippen molar-refractivity contribution in [1.29, 1.82) is 0 Å². The van der Waals surface area contributed by atoms with Crippen molar-refractivity contribution in [3.05, 3.63) is 29.8 Å². The molecule has 0 aliphatic carbocycles. The number of nitrogens with zero attached hydrogens (tertiary/aromatic N) is 2. The van der Waals surface area contributed by atoms with Crippen LogP contribution in [0.1, 0.15) is 11.1 Å². The third-order valence-electron chi connectivity index (χ3n) is 1.89. The Balaban J connectivity index is 2.91. The summed E-state index contributed by atoms with van der Waals surface area (Å²) in [5.41, 5.74) is 4.22. The van der Waals surface area contributed by atoms with Crippen LogP contribution in [0, 0.1) is 6.92 Å². The lowest BCUT2D eigenvalue weighted by molar-refractivity contribution is 1.46. The van der Waals surface area contributed by atoms with Gasteiger partial charge in [0.25, 0.3) is 0 Å². The Bertz CT molecular complexity index is 431. The fraction of sp³-hybridized carbons (Fsp3) is 0.111. The number of benzene rings is 1. The first-order valence-electron chi connectivity index (χ1n) is 3.67. The molecule has 1 aromatic heterocycles. The number of hydrogen-bond donors (Lipinski definition) is 0. The summed E-state index contributed by atoms with van der Waals surface area (Å²) in [7, 11) is 0. The highest BCUT2D eigenvalue weighted by Gasteiger charge is 2.04. The van der Waals surface area contributed by atoms with E-state index in [9.17, 15) is 0 Å². The Morgan fingerprint density at radius 2 is 2.25 bits per heavy atom. The fourth-order valence-corrected chi connectivity index (χ4v) is 1.78. The normalized spacial score (nSPS) is 10.4. The quantitative estimate of drug-likeness (QED) is 0.667. The van der Waals surface area contributed by atoms with E-state index in [4.69, 9.17) is 0 Å². The molecule has 0 aliphatic rings. The first-order chi connectivity index (χ1) is 5.83. The molecule has 2 nitrogen and oxygen atoms in total. The summed E-state index contributed by atoms with van der Waals surface area (Å²) in [6, 6.07) is 4.03. The van der Waals surface area contributed by atoms with Crippen molar-refractivity contribution in [2.24, 2.45) is 0 Å². The lowest BCUT2D eigenvalue weighted by atomic mass is 10.1. The van der Waals surface area contributed by atoms with Crippen LogP contribution in [0.25, 0.3) is 17.1 Å². The number of fused-ring (bicyclic) bond motifs is 1. The first-order valence-corrected chi connectivity index (χ1v) is 4.40. The molecule has 60 valence electrons. The molecule has 0 radical (unpaired) electrons. The summed E-state index contributed by atoms with van der Waals surface area (Å²) in [5.74, 6) is 0. The van der Waals surface area contributed by atoms with Crippen LogP contribution in [0.4, 0.5) is 0 Å². The molecule has 0 saturated carbocycles. The Morgan fingerprint density at radius 3 is 3.00 bits per heavy atom. The molecule has 0 amide bonds. The molecule has 0 atom stereocenters. The predicted octanol–water partition coefficient (Wildman–Crippen LogP) is 2.64. The smallest absolute Gasteiger partial charge is 0.112 e. The van der Waals surface area contributed by atoms with Gasteiger partial charge in [-0.2, -0.15) is 8.75 Å². The average molecular weight is 176 g/mol. The zero-order valence-electron chi connectivity index (χ0n) is 6.74. The summed E-state index contributed by atoms with van der Waals surface area (Å²) in [6.07, 6.45) is 1.83. The van der Waals surface area contributed by atoms with Crippen LogP contribution in [0.2, 0.25) is 0 Å². The van der Waals surface area contributed by atoms with Crippen LogP contribution in [0.15, 0.2) is 18.7 Å². The van der Waals surface area contributed by atoms with Crippen molar-refractivity contribution >= 4 is 28.8 Å². The summed E-state index contributed by atoms with van der Waals surface area (Å²) in [6.45, 7) is 5.81. The summed E-state index contributed by atoms with van der Waals surface area (Å²) in [4.78, 5) is 0. The molecule has 0 fully saturated rings. The van der Waals surface area contributed by atoms with E-state index in [0.29, 0.717) is 0 Å². The van der Waals surface area contributed by atoms with Crippen molar-refractivity contribution < 1.29 is 0 Å². The maximum absolute atomic E-state index is 4.21. The zero-order chi connectivity index (χ0) is 8.55. The van der Waals surface area contributed by atoms with Gasteiger partial charge in [0.1, 0.15) is 11.0 Å². The molecule has 0 saturated heterocycles. The second-order valence-corrected chi connectivity index (χ2v) is 3.16. The van der Waals surface area contributed by atoms with Crippen molar-refractivity contribution in [3.8, 4) is 0 Å². The highest BCUT2D eigenvalue weighted by molar-refractivity contribution is 7.00. The van der Waals surface area contributed by atoms with Crippen molar-refractivity contribution in [2.45, 2.75) is 6.92 Å². The Morgan fingerprint density at radius 1 is 1.42 bits per heavy atom. The van der Waals surface area contributed by atoms with Gasteiger partial charge in [-0.15, -0.1) is 0 Å². The van der Waals surface area contributed by atoms with Crippen LogP contribution in [0.3, 0.4) is 0 Å². The van der Waals surface area contributed by atoms with Gasteiger partial charge in [0.2, 0.25) is 0 Å². The largest absolute Gasteiger partial charge is 0.173 e. The van der Waals surface area contributed by atoms with Gasteiger partial charge in [-0.1, -0.05) is 18.7 Å². The van der Waals surface area contributed by atoms with E-state index in [1.807, 2.05) is 18.2 Å². The van der Waals surface area contributed by atoms with Gasteiger partial charge in [-0.25, -0.2) is 0 Å². The molecule has 12 heavy (non-hydrogen) atoms. The molecule has 0 bridgehead atoms. The molecule has 0 aliphatic heterocycles. The monoisotopic (exact) mass is 176 g/mol. The van der Waals surface area contributed by atoms with Crippen LogP contribution >= 0.6 is 11.7 Å². The van der Waals surface area contributed by atoms with Crippen LogP contribution in [-0.2, 0) is 0 Å². The van der Waals surface area contributed by atoms with E-state index in [-0.39, 0.29) is 0 Å². The van der Waals surface area contributed by atoms with Crippen LogP contribution < -0.4 is 0 Å². The van der Waals surface area contributed by atoms with Gasteiger partial charge in [-0.3, -0.25) is 0 Å². The van der Waals surface area contributed by atoms with Crippen LogP contribution in [0.5, 0.6) is 0 Å². The number of aromatic nitrogens is 2. The lowest BCUT2D eigenvalue weighted by Crippen LogP contribution is -1.81. The van der Waals surface area contributed by atoms with E-state index in [0.717, 1.165) is 16.6 Å². The topological polar surface area (TPSA) is 25.8 Å². The molecule has 0 N–H and O–H groups in total. The van der Waals surface area contributed by atoms with E-state index in [1.165, 1.54) is 17.3 Å². The van der Waals surface area contributed by atoms with Crippen molar-refractivity contribution in [1.82, 2.24) is 8.75 Å². The van der Waals surface area contributed by atoms with E-state index in [1.54, 1.807) is 0 Å². The molecule has 0 spiro atoms. The SMILES string of the molecule is C=Cc1c(C)ccc2nsnc12. The van der Waals surface area contributed by atoms with E-state index >= 15 is 0 Å². The third kappa shape index (κ3) is 0.940. The number of hydrogen-bond acceptors (Lipinski definition) is 3. The maximum Gasteiger partial charge on any atom is 0.112 e.